The second kappa shape index (κ2) is 6.20. The topological polar surface area (TPSA) is 24.4 Å². The van der Waals surface area contributed by atoms with Crippen LogP contribution in [0.15, 0.2) is 4.99 Å². The highest BCUT2D eigenvalue weighted by Crippen LogP contribution is 2.30. The van der Waals surface area contributed by atoms with Crippen LogP contribution in [0.4, 0.5) is 0 Å². The SMILES string of the molecule is CCC1CSC(=NC2CCCCC2SC)N1. The van der Waals surface area contributed by atoms with Gasteiger partial charge in [0.25, 0.3) is 0 Å². The number of hydrogen-bond acceptors (Lipinski definition) is 3. The van der Waals surface area contributed by atoms with Crippen molar-refractivity contribution in [2.45, 2.75) is 56.4 Å². The fourth-order valence-corrected chi connectivity index (χ4v) is 4.43. The van der Waals surface area contributed by atoms with Gasteiger partial charge in [0, 0.05) is 17.0 Å². The lowest BCUT2D eigenvalue weighted by atomic mass is 9.95. The van der Waals surface area contributed by atoms with E-state index in [2.05, 4.69) is 18.5 Å². The van der Waals surface area contributed by atoms with Crippen LogP contribution in [-0.2, 0) is 0 Å². The summed E-state index contributed by atoms with van der Waals surface area (Å²) in [5.74, 6) is 1.20. The number of nitrogens with one attached hydrogen (secondary N) is 1. The Kier molecular flexibility index (Phi) is 4.89. The van der Waals surface area contributed by atoms with Crippen molar-refractivity contribution in [1.82, 2.24) is 5.32 Å². The first kappa shape index (κ1) is 12.6. The first-order valence-electron chi connectivity index (χ1n) is 6.33. The second-order valence-corrected chi connectivity index (χ2v) is 6.71. The minimum absolute atomic E-state index is 0.564. The van der Waals surface area contributed by atoms with Gasteiger partial charge in [0.05, 0.1) is 6.04 Å². The van der Waals surface area contributed by atoms with Crippen LogP contribution in [0.1, 0.15) is 39.0 Å². The number of aliphatic imine (C=N–C) groups is 1. The van der Waals surface area contributed by atoms with Gasteiger partial charge in [-0.3, -0.25) is 4.99 Å². The molecule has 2 rings (SSSR count). The maximum atomic E-state index is 4.93. The molecule has 16 heavy (non-hydrogen) atoms. The number of nitrogens with zero attached hydrogens (tertiary/aromatic N) is 1. The molecule has 1 aliphatic heterocycles. The molecule has 0 aromatic rings. The molecule has 4 heteroatoms. The molecule has 1 saturated heterocycles. The highest BCUT2D eigenvalue weighted by atomic mass is 32.2. The Morgan fingerprint density at radius 3 is 2.94 bits per heavy atom. The predicted octanol–water partition coefficient (Wildman–Crippen LogP) is 3.13. The summed E-state index contributed by atoms with van der Waals surface area (Å²) in [5.41, 5.74) is 0. The van der Waals surface area contributed by atoms with E-state index >= 15 is 0 Å². The van der Waals surface area contributed by atoms with Crippen molar-refractivity contribution < 1.29 is 0 Å². The molecule has 3 atom stereocenters. The molecule has 3 unspecified atom stereocenters. The van der Waals surface area contributed by atoms with Crippen LogP contribution in [0.2, 0.25) is 0 Å². The van der Waals surface area contributed by atoms with Crippen molar-refractivity contribution in [3.05, 3.63) is 0 Å². The van der Waals surface area contributed by atoms with E-state index < -0.39 is 0 Å². The van der Waals surface area contributed by atoms with E-state index in [0.717, 1.165) is 5.25 Å². The summed E-state index contributed by atoms with van der Waals surface area (Å²) in [6.07, 6.45) is 8.83. The molecule has 0 aromatic heterocycles. The third-order valence-corrected chi connectivity index (χ3v) is 5.72. The highest BCUT2D eigenvalue weighted by Gasteiger charge is 2.26. The minimum atomic E-state index is 0.564. The molecule has 1 N–H and O–H groups in total. The van der Waals surface area contributed by atoms with Crippen LogP contribution < -0.4 is 5.32 Å². The van der Waals surface area contributed by atoms with Gasteiger partial charge in [0.2, 0.25) is 0 Å². The number of rotatable bonds is 3. The summed E-state index contributed by atoms with van der Waals surface area (Å²) in [4.78, 5) is 4.93. The average Bonchev–Trinajstić information content (AvgIpc) is 2.77. The standard InChI is InChI=1S/C12H22N2S2/c1-3-9-8-16-12(13-9)14-10-6-4-5-7-11(10)15-2/h9-11H,3-8H2,1-2H3,(H,13,14). The molecule has 2 fully saturated rings. The molecular weight excluding hydrogens is 236 g/mol. The Labute approximate surface area is 107 Å². The monoisotopic (exact) mass is 258 g/mol. The molecule has 0 aromatic carbocycles. The zero-order chi connectivity index (χ0) is 11.4. The summed E-state index contributed by atoms with van der Waals surface area (Å²) in [6.45, 7) is 2.24. The molecule has 1 aliphatic carbocycles. The first-order chi connectivity index (χ1) is 7.83. The molecule has 92 valence electrons. The third-order valence-electron chi connectivity index (χ3n) is 3.50. The summed E-state index contributed by atoms with van der Waals surface area (Å²) in [6, 6.07) is 1.22. The fourth-order valence-electron chi connectivity index (χ4n) is 2.38. The summed E-state index contributed by atoms with van der Waals surface area (Å²) in [7, 11) is 0. The largest absolute Gasteiger partial charge is 0.361 e. The number of amidine groups is 1. The van der Waals surface area contributed by atoms with Crippen molar-refractivity contribution in [2.75, 3.05) is 12.0 Å². The Morgan fingerprint density at radius 2 is 2.25 bits per heavy atom. The molecule has 0 spiro atoms. The van der Waals surface area contributed by atoms with Gasteiger partial charge in [-0.15, -0.1) is 0 Å². The molecule has 1 saturated carbocycles. The van der Waals surface area contributed by atoms with Crippen molar-refractivity contribution in [3.8, 4) is 0 Å². The van der Waals surface area contributed by atoms with Gasteiger partial charge >= 0.3 is 0 Å². The number of thioether (sulfide) groups is 2. The van der Waals surface area contributed by atoms with Gasteiger partial charge in [-0.05, 0) is 25.5 Å². The maximum Gasteiger partial charge on any atom is 0.157 e. The van der Waals surface area contributed by atoms with E-state index in [0.29, 0.717) is 12.1 Å². The molecule has 0 bridgehead atoms. The van der Waals surface area contributed by atoms with Gasteiger partial charge in [0.15, 0.2) is 5.17 Å². The van der Waals surface area contributed by atoms with Gasteiger partial charge in [0.1, 0.15) is 0 Å². The Balaban J connectivity index is 1.94. The lowest BCUT2D eigenvalue weighted by molar-refractivity contribution is 0.455. The zero-order valence-electron chi connectivity index (χ0n) is 10.2. The molecule has 2 nitrogen and oxygen atoms in total. The van der Waals surface area contributed by atoms with Gasteiger partial charge in [-0.1, -0.05) is 31.5 Å². The van der Waals surface area contributed by atoms with Crippen molar-refractivity contribution in [3.63, 3.8) is 0 Å². The van der Waals surface area contributed by atoms with Crippen LogP contribution in [0.25, 0.3) is 0 Å². The first-order valence-corrected chi connectivity index (χ1v) is 8.60. The van der Waals surface area contributed by atoms with E-state index in [-0.39, 0.29) is 0 Å². The van der Waals surface area contributed by atoms with E-state index in [4.69, 9.17) is 4.99 Å². The van der Waals surface area contributed by atoms with Crippen LogP contribution in [-0.4, -0.2) is 34.5 Å². The molecule has 0 amide bonds. The Hall–Kier alpha value is 0.170. The van der Waals surface area contributed by atoms with Crippen molar-refractivity contribution in [1.29, 1.82) is 0 Å². The Morgan fingerprint density at radius 1 is 1.44 bits per heavy atom. The molecular formula is C12H22N2S2. The van der Waals surface area contributed by atoms with E-state index in [1.54, 1.807) is 0 Å². The summed E-state index contributed by atoms with van der Waals surface area (Å²) in [5, 5.41) is 5.50. The van der Waals surface area contributed by atoms with Crippen LogP contribution in [0, 0.1) is 0 Å². The lowest BCUT2D eigenvalue weighted by Crippen LogP contribution is -2.30. The summed E-state index contributed by atoms with van der Waals surface area (Å²) >= 11 is 3.91. The van der Waals surface area contributed by atoms with E-state index in [9.17, 15) is 0 Å². The van der Waals surface area contributed by atoms with Gasteiger partial charge in [-0.25, -0.2) is 0 Å². The molecule has 2 aliphatic rings. The molecule has 0 radical (unpaired) electrons. The van der Waals surface area contributed by atoms with Gasteiger partial charge < -0.3 is 5.32 Å². The number of hydrogen-bond donors (Lipinski definition) is 1. The van der Waals surface area contributed by atoms with Crippen LogP contribution in [0.3, 0.4) is 0 Å². The third kappa shape index (κ3) is 3.10. The van der Waals surface area contributed by atoms with Crippen LogP contribution in [0.5, 0.6) is 0 Å². The van der Waals surface area contributed by atoms with Crippen molar-refractivity contribution in [2.24, 2.45) is 4.99 Å². The molecule has 1 heterocycles. The van der Waals surface area contributed by atoms with E-state index in [1.165, 1.54) is 43.0 Å². The quantitative estimate of drug-likeness (QED) is 0.841. The highest BCUT2D eigenvalue weighted by molar-refractivity contribution is 8.14. The predicted molar refractivity (Wildman–Crippen MR) is 76.7 cm³/mol. The second-order valence-electron chi connectivity index (χ2n) is 4.62. The van der Waals surface area contributed by atoms with Crippen LogP contribution >= 0.6 is 23.5 Å². The average molecular weight is 258 g/mol. The maximum absolute atomic E-state index is 4.93. The normalized spacial score (nSPS) is 37.6. The van der Waals surface area contributed by atoms with Gasteiger partial charge in [-0.2, -0.15) is 11.8 Å². The van der Waals surface area contributed by atoms with Crippen molar-refractivity contribution >= 4 is 28.7 Å². The lowest BCUT2D eigenvalue weighted by Gasteiger charge is -2.27. The fraction of sp³-hybridized carbons (Fsp3) is 0.917. The van der Waals surface area contributed by atoms with E-state index in [1.807, 2.05) is 23.5 Å². The smallest absolute Gasteiger partial charge is 0.157 e. The zero-order valence-corrected chi connectivity index (χ0v) is 11.9. The minimum Gasteiger partial charge on any atom is -0.361 e. The summed E-state index contributed by atoms with van der Waals surface area (Å²) < 4.78 is 0. The Bertz CT molecular complexity index is 255.